The van der Waals surface area contributed by atoms with Crippen LogP contribution in [0.5, 0.6) is 0 Å². The average molecular weight is 497 g/mol. The predicted octanol–water partition coefficient (Wildman–Crippen LogP) is 2.20. The Labute approximate surface area is 209 Å². The van der Waals surface area contributed by atoms with Crippen molar-refractivity contribution in [2.75, 3.05) is 0 Å². The summed E-state index contributed by atoms with van der Waals surface area (Å²) in [4.78, 5) is 57.3. The van der Waals surface area contributed by atoms with Gasteiger partial charge in [0.25, 0.3) is 11.1 Å². The molecule has 0 radical (unpaired) electrons. The molecule has 0 bridgehead atoms. The van der Waals surface area contributed by atoms with Crippen molar-refractivity contribution in [1.29, 1.82) is 0 Å². The summed E-state index contributed by atoms with van der Waals surface area (Å²) in [6.07, 6.45) is 0. The molecule has 0 amide bonds. The van der Waals surface area contributed by atoms with Crippen molar-refractivity contribution in [1.82, 2.24) is 27.8 Å². The summed E-state index contributed by atoms with van der Waals surface area (Å²) in [5.41, 5.74) is 1.68. The molecule has 3 aromatic heterocycles. The second-order valence-electron chi connectivity index (χ2n) is 9.04. The lowest BCUT2D eigenvalue weighted by atomic mass is 10.1. The molecule has 1 aliphatic carbocycles. The number of hydrogen-bond donors (Lipinski definition) is 0. The van der Waals surface area contributed by atoms with Crippen LogP contribution in [0, 0.1) is 0 Å². The number of aryl methyl sites for hydroxylation is 2. The van der Waals surface area contributed by atoms with Crippen molar-refractivity contribution in [2.45, 2.75) is 26.9 Å². The smallest absolute Gasteiger partial charge is 0.295 e. The van der Waals surface area contributed by atoms with Gasteiger partial charge < -0.3 is 0 Å². The largest absolute Gasteiger partial charge is 0.332 e. The van der Waals surface area contributed by atoms with E-state index in [0.717, 1.165) is 10.3 Å². The van der Waals surface area contributed by atoms with E-state index in [1.807, 2.05) is 47.9 Å². The lowest BCUT2D eigenvalue weighted by Gasteiger charge is -2.10. The monoisotopic (exact) mass is 496 g/mol. The van der Waals surface area contributed by atoms with Gasteiger partial charge >= 0.3 is 11.4 Å². The first-order chi connectivity index (χ1) is 17.8. The van der Waals surface area contributed by atoms with Crippen molar-refractivity contribution in [2.24, 2.45) is 14.1 Å². The number of benzene rings is 1. The highest BCUT2D eigenvalue weighted by molar-refractivity contribution is 6.10. The molecule has 0 N–H and O–H groups in total. The first-order valence-corrected chi connectivity index (χ1v) is 12.1. The molecular weight excluding hydrogens is 472 g/mol. The Morgan fingerprint density at radius 1 is 0.757 bits per heavy atom. The van der Waals surface area contributed by atoms with Crippen molar-refractivity contribution in [3.05, 3.63) is 90.2 Å². The number of fused-ring (bicyclic) bond motifs is 6. The van der Waals surface area contributed by atoms with Crippen LogP contribution in [0.4, 0.5) is 0 Å². The van der Waals surface area contributed by atoms with Gasteiger partial charge in [-0.2, -0.15) is 0 Å². The van der Waals surface area contributed by atoms with Gasteiger partial charge in [0.2, 0.25) is 0 Å². The summed E-state index contributed by atoms with van der Waals surface area (Å²) in [5, 5.41) is 1.33. The second kappa shape index (κ2) is 7.89. The zero-order valence-electron chi connectivity index (χ0n) is 20.8. The highest BCUT2D eigenvalue weighted by Crippen LogP contribution is 2.35. The van der Waals surface area contributed by atoms with E-state index >= 15 is 0 Å². The molecule has 0 saturated carbocycles. The van der Waals surface area contributed by atoms with Crippen LogP contribution in [0.1, 0.15) is 13.8 Å². The summed E-state index contributed by atoms with van der Waals surface area (Å²) in [5.74, 6) is 0. The van der Waals surface area contributed by atoms with E-state index in [4.69, 9.17) is 4.98 Å². The molecular formula is C27H24N6O4. The molecule has 1 aromatic carbocycles. The number of aromatic nitrogens is 6. The van der Waals surface area contributed by atoms with E-state index < -0.39 is 16.9 Å². The van der Waals surface area contributed by atoms with Gasteiger partial charge in [-0.25, -0.2) is 14.6 Å². The van der Waals surface area contributed by atoms with Gasteiger partial charge in [-0.05, 0) is 44.2 Å². The number of hydrogen-bond acceptors (Lipinski definition) is 5. The van der Waals surface area contributed by atoms with Crippen LogP contribution in [-0.2, 0) is 27.2 Å². The van der Waals surface area contributed by atoms with Gasteiger partial charge in [-0.15, -0.1) is 0 Å². The minimum Gasteiger partial charge on any atom is -0.295 e. The molecule has 0 spiro atoms. The summed E-state index contributed by atoms with van der Waals surface area (Å²) in [6.45, 7) is 4.20. The fourth-order valence-electron chi connectivity index (χ4n) is 5.33. The molecule has 186 valence electrons. The maximum absolute atomic E-state index is 13.5. The molecule has 6 rings (SSSR count). The molecule has 0 atom stereocenters. The van der Waals surface area contributed by atoms with Crippen molar-refractivity contribution >= 4 is 33.0 Å². The van der Waals surface area contributed by atoms with Crippen molar-refractivity contribution in [3.63, 3.8) is 0 Å². The maximum atomic E-state index is 13.5. The number of para-hydroxylation sites is 1. The predicted molar refractivity (Wildman–Crippen MR) is 143 cm³/mol. The minimum atomic E-state index is -0.434. The maximum Gasteiger partial charge on any atom is 0.332 e. The van der Waals surface area contributed by atoms with E-state index in [-0.39, 0.29) is 12.1 Å². The molecule has 10 nitrogen and oxygen atoms in total. The van der Waals surface area contributed by atoms with E-state index in [1.165, 1.54) is 20.7 Å². The Morgan fingerprint density at radius 2 is 1.46 bits per heavy atom. The van der Waals surface area contributed by atoms with Gasteiger partial charge in [0, 0.05) is 43.8 Å². The van der Waals surface area contributed by atoms with E-state index in [1.54, 1.807) is 26.1 Å². The Kier molecular flexibility index (Phi) is 4.84. The Balaban J connectivity index is 1.90. The number of nitrogens with zero attached hydrogens (tertiary/aromatic N) is 6. The third-order valence-electron chi connectivity index (χ3n) is 7.14. The van der Waals surface area contributed by atoms with Gasteiger partial charge in [0.15, 0.2) is 5.65 Å². The topological polar surface area (TPSA) is 106 Å². The first-order valence-electron chi connectivity index (χ1n) is 12.1. The highest BCUT2D eigenvalue weighted by atomic mass is 16.2. The second-order valence-corrected chi connectivity index (χ2v) is 9.04. The molecule has 37 heavy (non-hydrogen) atoms. The van der Waals surface area contributed by atoms with Gasteiger partial charge in [0.05, 0.1) is 22.0 Å². The summed E-state index contributed by atoms with van der Waals surface area (Å²) >= 11 is 0. The normalized spacial score (nSPS) is 11.9. The molecule has 1 aliphatic heterocycles. The fraction of sp³-hybridized carbons (Fsp3) is 0.222. The molecule has 4 heterocycles. The molecule has 4 aromatic rings. The van der Waals surface area contributed by atoms with Crippen LogP contribution in [-0.4, -0.2) is 27.8 Å². The third kappa shape index (κ3) is 2.89. The SMILES string of the molecule is CCn1c(=O)c2c3ccc4c(cc-3nc2n(CC)c1=O)c1c(=O)n(C)c(=O)n(C)c1n4-c1ccccc1. The third-order valence-corrected chi connectivity index (χ3v) is 7.14. The fourth-order valence-corrected chi connectivity index (χ4v) is 5.33. The van der Waals surface area contributed by atoms with E-state index in [9.17, 15) is 19.2 Å². The van der Waals surface area contributed by atoms with Gasteiger partial charge in [0.1, 0.15) is 5.65 Å². The number of rotatable bonds is 3. The van der Waals surface area contributed by atoms with Crippen LogP contribution < -0.4 is 22.5 Å². The molecule has 0 fully saturated rings. The lowest BCUT2D eigenvalue weighted by molar-refractivity contribution is 0.607. The van der Waals surface area contributed by atoms with Crippen LogP contribution in [0.15, 0.2) is 67.7 Å². The quantitative estimate of drug-likeness (QED) is 0.374. The lowest BCUT2D eigenvalue weighted by Crippen LogP contribution is -2.39. The summed E-state index contributed by atoms with van der Waals surface area (Å²) < 4.78 is 7.13. The summed E-state index contributed by atoms with van der Waals surface area (Å²) in [6, 6.07) is 14.9. The van der Waals surface area contributed by atoms with Gasteiger partial charge in [-0.3, -0.25) is 32.4 Å². The standard InChI is InChI=1S/C27H24N6O4/c1-5-31-22-20(25(35)32(6-2)27(31)37)16-12-13-19-17(14-18(16)28-22)21-23(29(3)26(36)30(4)24(21)34)33(19)15-10-8-7-9-11-15/h7-14H,5-6H2,1-4H3. The van der Waals surface area contributed by atoms with Crippen LogP contribution >= 0.6 is 0 Å². The van der Waals surface area contributed by atoms with Crippen LogP contribution in [0.25, 0.3) is 49.9 Å². The molecule has 10 heteroatoms. The Bertz CT molecular complexity index is 2110. The summed E-state index contributed by atoms with van der Waals surface area (Å²) in [7, 11) is 3.09. The van der Waals surface area contributed by atoms with Crippen LogP contribution in [0.2, 0.25) is 0 Å². The minimum absolute atomic E-state index is 0.245. The Morgan fingerprint density at radius 3 is 2.14 bits per heavy atom. The average Bonchev–Trinajstić information content (AvgIpc) is 3.36. The van der Waals surface area contributed by atoms with Crippen molar-refractivity contribution < 1.29 is 0 Å². The van der Waals surface area contributed by atoms with E-state index in [2.05, 4.69) is 0 Å². The van der Waals surface area contributed by atoms with E-state index in [0.29, 0.717) is 50.8 Å². The van der Waals surface area contributed by atoms with Crippen LogP contribution in [0.3, 0.4) is 0 Å². The first kappa shape index (κ1) is 22.7. The molecule has 2 aliphatic rings. The Hall–Kier alpha value is -4.73. The van der Waals surface area contributed by atoms with Gasteiger partial charge in [-0.1, -0.05) is 18.2 Å². The molecule has 0 saturated heterocycles. The zero-order valence-corrected chi connectivity index (χ0v) is 20.8. The zero-order chi connectivity index (χ0) is 26.2. The van der Waals surface area contributed by atoms with Crippen molar-refractivity contribution in [3.8, 4) is 16.9 Å². The molecule has 0 unspecified atom stereocenters. The highest BCUT2D eigenvalue weighted by Gasteiger charge is 2.24.